The number of nitrogens with two attached hydrogens (primary N) is 1. The quantitative estimate of drug-likeness (QED) is 0.780. The topological polar surface area (TPSA) is 43.3 Å². The molecule has 2 aromatic rings. The maximum absolute atomic E-state index is 5.73. The third-order valence-electron chi connectivity index (χ3n) is 2.48. The minimum absolute atomic E-state index is 0.549. The largest absolute Gasteiger partial charge is 0.325 e. The molecule has 3 nitrogen and oxygen atoms in total. The van der Waals surface area contributed by atoms with Crippen LogP contribution in [0.15, 0.2) is 18.3 Å². The first-order valence-electron chi connectivity index (χ1n) is 4.92. The summed E-state index contributed by atoms with van der Waals surface area (Å²) in [6.45, 7) is 4.73. The van der Waals surface area contributed by atoms with Gasteiger partial charge in [0.25, 0.3) is 0 Å². The van der Waals surface area contributed by atoms with E-state index in [0.717, 1.165) is 23.5 Å². The van der Waals surface area contributed by atoms with Crippen molar-refractivity contribution in [2.45, 2.75) is 26.8 Å². The molecule has 0 saturated heterocycles. The Morgan fingerprint density at radius 3 is 2.86 bits per heavy atom. The summed E-state index contributed by atoms with van der Waals surface area (Å²) in [6, 6.07) is 4.11. The van der Waals surface area contributed by atoms with Crippen molar-refractivity contribution < 1.29 is 0 Å². The average molecular weight is 189 g/mol. The molecule has 2 aromatic heterocycles. The van der Waals surface area contributed by atoms with E-state index >= 15 is 0 Å². The Bertz CT molecular complexity index is 457. The van der Waals surface area contributed by atoms with Gasteiger partial charge in [0, 0.05) is 12.7 Å². The van der Waals surface area contributed by atoms with Crippen LogP contribution in [0, 0.1) is 6.92 Å². The van der Waals surface area contributed by atoms with Crippen LogP contribution >= 0.6 is 0 Å². The van der Waals surface area contributed by atoms with Crippen LogP contribution in [0.4, 0.5) is 0 Å². The molecule has 0 spiro atoms. The Hall–Kier alpha value is -1.35. The van der Waals surface area contributed by atoms with Crippen LogP contribution in [0.1, 0.15) is 23.9 Å². The number of pyridine rings is 1. The third kappa shape index (κ3) is 1.30. The van der Waals surface area contributed by atoms with Gasteiger partial charge in [-0.05, 0) is 25.0 Å². The first-order valence-corrected chi connectivity index (χ1v) is 4.92. The molecule has 74 valence electrons. The van der Waals surface area contributed by atoms with Crippen molar-refractivity contribution in [2.75, 3.05) is 0 Å². The lowest BCUT2D eigenvalue weighted by Gasteiger charge is -2.00. The number of aromatic nitrogens is 2. The maximum atomic E-state index is 5.73. The van der Waals surface area contributed by atoms with Crippen LogP contribution in [0.2, 0.25) is 0 Å². The van der Waals surface area contributed by atoms with Gasteiger partial charge in [0.2, 0.25) is 0 Å². The average Bonchev–Trinajstić information content (AvgIpc) is 2.54. The van der Waals surface area contributed by atoms with Gasteiger partial charge in [-0.15, -0.1) is 0 Å². The molecule has 0 unspecified atom stereocenters. The lowest BCUT2D eigenvalue weighted by atomic mass is 10.2. The van der Waals surface area contributed by atoms with Gasteiger partial charge in [-0.25, -0.2) is 4.98 Å². The molecule has 0 atom stereocenters. The second kappa shape index (κ2) is 3.42. The van der Waals surface area contributed by atoms with Crippen LogP contribution in [0.25, 0.3) is 5.65 Å². The molecule has 0 fully saturated rings. The fraction of sp³-hybridized carbons (Fsp3) is 0.364. The highest BCUT2D eigenvalue weighted by Crippen LogP contribution is 2.13. The first-order chi connectivity index (χ1) is 6.76. The highest BCUT2D eigenvalue weighted by molar-refractivity contribution is 5.44. The number of aryl methyl sites for hydroxylation is 2. The van der Waals surface area contributed by atoms with Crippen molar-refractivity contribution in [3.05, 3.63) is 35.3 Å². The van der Waals surface area contributed by atoms with E-state index in [0.29, 0.717) is 6.54 Å². The van der Waals surface area contributed by atoms with Gasteiger partial charge in [-0.2, -0.15) is 0 Å². The second-order valence-electron chi connectivity index (χ2n) is 3.50. The molecule has 0 aliphatic heterocycles. The van der Waals surface area contributed by atoms with Crippen molar-refractivity contribution in [1.29, 1.82) is 0 Å². The van der Waals surface area contributed by atoms with E-state index in [9.17, 15) is 0 Å². The van der Waals surface area contributed by atoms with Gasteiger partial charge < -0.3 is 10.1 Å². The smallest absolute Gasteiger partial charge is 0.137 e. The normalized spacial score (nSPS) is 11.1. The molecule has 0 aromatic carbocycles. The SMILES string of the molecule is CCc1nc2ccc(C)cn2c1CN. The molecule has 0 aliphatic carbocycles. The summed E-state index contributed by atoms with van der Waals surface area (Å²) in [6.07, 6.45) is 3.02. The van der Waals surface area contributed by atoms with Crippen LogP contribution in [0.5, 0.6) is 0 Å². The fourth-order valence-corrected chi connectivity index (χ4v) is 1.75. The number of hydrogen-bond donors (Lipinski definition) is 1. The summed E-state index contributed by atoms with van der Waals surface area (Å²) in [4.78, 5) is 4.53. The van der Waals surface area contributed by atoms with E-state index in [1.807, 2.05) is 6.07 Å². The standard InChI is InChI=1S/C11H15N3/c1-3-9-10(6-12)14-7-8(2)4-5-11(14)13-9/h4-5,7H,3,6,12H2,1-2H3. The fourth-order valence-electron chi connectivity index (χ4n) is 1.75. The van der Waals surface area contributed by atoms with Crippen molar-refractivity contribution >= 4 is 5.65 Å². The van der Waals surface area contributed by atoms with Crippen LogP contribution in [0.3, 0.4) is 0 Å². The number of hydrogen-bond acceptors (Lipinski definition) is 2. The zero-order chi connectivity index (χ0) is 10.1. The monoisotopic (exact) mass is 189 g/mol. The van der Waals surface area contributed by atoms with Gasteiger partial charge in [-0.3, -0.25) is 0 Å². The molecular weight excluding hydrogens is 174 g/mol. The molecule has 3 heteroatoms. The van der Waals surface area contributed by atoms with E-state index < -0.39 is 0 Å². The van der Waals surface area contributed by atoms with Crippen molar-refractivity contribution in [2.24, 2.45) is 5.73 Å². The predicted octanol–water partition coefficient (Wildman–Crippen LogP) is 1.66. The lowest BCUT2D eigenvalue weighted by Crippen LogP contribution is -2.03. The van der Waals surface area contributed by atoms with Crippen molar-refractivity contribution in [3.8, 4) is 0 Å². The lowest BCUT2D eigenvalue weighted by molar-refractivity contribution is 0.913. The van der Waals surface area contributed by atoms with Crippen LogP contribution < -0.4 is 5.73 Å². The number of rotatable bonds is 2. The summed E-state index contributed by atoms with van der Waals surface area (Å²) in [7, 11) is 0. The summed E-state index contributed by atoms with van der Waals surface area (Å²) < 4.78 is 2.09. The Morgan fingerprint density at radius 2 is 2.21 bits per heavy atom. The van der Waals surface area contributed by atoms with Gasteiger partial charge in [0.05, 0.1) is 11.4 Å². The molecule has 14 heavy (non-hydrogen) atoms. The number of imidazole rings is 1. The molecule has 2 rings (SSSR count). The molecule has 2 heterocycles. The van der Waals surface area contributed by atoms with Gasteiger partial charge in [-0.1, -0.05) is 13.0 Å². The Morgan fingerprint density at radius 1 is 1.43 bits per heavy atom. The Labute approximate surface area is 83.6 Å². The van der Waals surface area contributed by atoms with Crippen molar-refractivity contribution in [3.63, 3.8) is 0 Å². The minimum atomic E-state index is 0.549. The predicted molar refractivity (Wildman–Crippen MR) is 57.2 cm³/mol. The molecule has 0 bridgehead atoms. The third-order valence-corrected chi connectivity index (χ3v) is 2.48. The van der Waals surface area contributed by atoms with E-state index in [2.05, 4.69) is 35.5 Å². The van der Waals surface area contributed by atoms with Gasteiger partial charge in [0.15, 0.2) is 0 Å². The Kier molecular flexibility index (Phi) is 2.25. The highest BCUT2D eigenvalue weighted by atomic mass is 15.0. The molecule has 0 saturated carbocycles. The van der Waals surface area contributed by atoms with E-state index in [1.54, 1.807) is 0 Å². The van der Waals surface area contributed by atoms with Gasteiger partial charge in [0.1, 0.15) is 5.65 Å². The number of nitrogens with zero attached hydrogens (tertiary/aromatic N) is 2. The summed E-state index contributed by atoms with van der Waals surface area (Å²) in [5, 5.41) is 0. The first kappa shape index (κ1) is 9.21. The zero-order valence-corrected chi connectivity index (χ0v) is 8.62. The highest BCUT2D eigenvalue weighted by Gasteiger charge is 2.08. The second-order valence-corrected chi connectivity index (χ2v) is 3.50. The maximum Gasteiger partial charge on any atom is 0.137 e. The van der Waals surface area contributed by atoms with E-state index in [-0.39, 0.29) is 0 Å². The number of fused-ring (bicyclic) bond motifs is 1. The van der Waals surface area contributed by atoms with E-state index in [1.165, 1.54) is 5.56 Å². The Balaban J connectivity index is 2.74. The molecule has 0 amide bonds. The summed E-state index contributed by atoms with van der Waals surface area (Å²) >= 11 is 0. The molecule has 2 N–H and O–H groups in total. The van der Waals surface area contributed by atoms with Crippen LogP contribution in [-0.2, 0) is 13.0 Å². The molecule has 0 radical (unpaired) electrons. The van der Waals surface area contributed by atoms with Gasteiger partial charge >= 0.3 is 0 Å². The van der Waals surface area contributed by atoms with Crippen LogP contribution in [-0.4, -0.2) is 9.38 Å². The molecule has 0 aliphatic rings. The minimum Gasteiger partial charge on any atom is -0.325 e. The summed E-state index contributed by atoms with van der Waals surface area (Å²) in [5.74, 6) is 0. The van der Waals surface area contributed by atoms with E-state index in [4.69, 9.17) is 5.73 Å². The van der Waals surface area contributed by atoms with Crippen molar-refractivity contribution in [1.82, 2.24) is 9.38 Å². The zero-order valence-electron chi connectivity index (χ0n) is 8.62. The molecular formula is C11H15N3. The summed E-state index contributed by atoms with van der Waals surface area (Å²) in [5.41, 5.74) is 10.2.